The zero-order valence-electron chi connectivity index (χ0n) is 11.2. The van der Waals surface area contributed by atoms with Crippen molar-refractivity contribution < 1.29 is 18.3 Å². The molecule has 0 aliphatic heterocycles. The Morgan fingerprint density at radius 1 is 0.952 bits per heavy atom. The van der Waals surface area contributed by atoms with Crippen LogP contribution in [0, 0.1) is 0 Å². The molecular weight excluding hydrogens is 297 g/mol. The number of rotatable bonds is 5. The van der Waals surface area contributed by atoms with Gasteiger partial charge in [-0.1, -0.05) is 42.5 Å². The lowest BCUT2D eigenvalue weighted by molar-refractivity contribution is -0.0328. The third-order valence-corrected chi connectivity index (χ3v) is 3.79. The highest BCUT2D eigenvalue weighted by Gasteiger charge is 2.29. The fraction of sp³-hybridized carbons (Fsp3) is 0.250. The zero-order valence-corrected chi connectivity index (χ0v) is 12.0. The van der Waals surface area contributed by atoms with Crippen molar-refractivity contribution in [2.45, 2.75) is 29.3 Å². The lowest BCUT2D eigenvalue weighted by Crippen LogP contribution is -2.01. The molecule has 0 aromatic heterocycles. The van der Waals surface area contributed by atoms with E-state index >= 15 is 0 Å². The summed E-state index contributed by atoms with van der Waals surface area (Å²) in [5.41, 5.74) is -2.52. The molecule has 0 bridgehead atoms. The molecule has 5 heteroatoms. The summed E-state index contributed by atoms with van der Waals surface area (Å²) in [6.45, 7) is 0. The first-order chi connectivity index (χ1) is 9.94. The second-order valence-electron chi connectivity index (χ2n) is 4.66. The third-order valence-electron chi connectivity index (χ3n) is 3.05. The molecule has 0 heterocycles. The molecule has 2 aromatic carbocycles. The highest BCUT2D eigenvalue weighted by molar-refractivity contribution is 8.00. The Morgan fingerprint density at radius 3 is 2.14 bits per heavy atom. The summed E-state index contributed by atoms with van der Waals surface area (Å²) in [6, 6.07) is 15.6. The maximum Gasteiger partial charge on any atom is 0.446 e. The smallest absolute Gasteiger partial charge is 0.388 e. The molecule has 2 rings (SSSR count). The molecule has 1 atom stereocenters. The molecule has 0 fully saturated rings. The number of alkyl halides is 3. The average molecular weight is 312 g/mol. The summed E-state index contributed by atoms with van der Waals surface area (Å²) in [6.07, 6.45) is 0.590. The Morgan fingerprint density at radius 2 is 1.57 bits per heavy atom. The van der Waals surface area contributed by atoms with Crippen LogP contribution < -0.4 is 0 Å². The van der Waals surface area contributed by atoms with Crippen molar-refractivity contribution in [3.8, 4) is 0 Å². The topological polar surface area (TPSA) is 20.2 Å². The fourth-order valence-corrected chi connectivity index (χ4v) is 2.55. The van der Waals surface area contributed by atoms with E-state index in [0.717, 1.165) is 12.0 Å². The van der Waals surface area contributed by atoms with Crippen LogP contribution in [0.15, 0.2) is 59.5 Å². The maximum atomic E-state index is 12.2. The number of aryl methyl sites for hydroxylation is 1. The van der Waals surface area contributed by atoms with Crippen LogP contribution in [0.3, 0.4) is 0 Å². The summed E-state index contributed by atoms with van der Waals surface area (Å²) < 4.78 is 36.7. The highest BCUT2D eigenvalue weighted by Crippen LogP contribution is 2.37. The minimum Gasteiger partial charge on any atom is -0.388 e. The Labute approximate surface area is 125 Å². The van der Waals surface area contributed by atoms with Crippen molar-refractivity contribution in [1.29, 1.82) is 0 Å². The minimum atomic E-state index is -4.28. The van der Waals surface area contributed by atoms with Crippen molar-refractivity contribution >= 4 is 11.8 Å². The van der Waals surface area contributed by atoms with Crippen molar-refractivity contribution in [3.63, 3.8) is 0 Å². The van der Waals surface area contributed by atoms with Crippen molar-refractivity contribution in [2.24, 2.45) is 0 Å². The van der Waals surface area contributed by atoms with E-state index < -0.39 is 11.6 Å². The van der Waals surface area contributed by atoms with E-state index in [1.807, 2.05) is 30.3 Å². The minimum absolute atomic E-state index is 0.126. The third kappa shape index (κ3) is 5.44. The number of benzene rings is 2. The molecule has 2 aromatic rings. The first kappa shape index (κ1) is 15.9. The van der Waals surface area contributed by atoms with Crippen molar-refractivity contribution in [3.05, 3.63) is 65.7 Å². The van der Waals surface area contributed by atoms with Crippen LogP contribution in [0.2, 0.25) is 0 Å². The Balaban J connectivity index is 1.92. The second kappa shape index (κ2) is 7.00. The lowest BCUT2D eigenvalue weighted by Gasteiger charge is -2.12. The van der Waals surface area contributed by atoms with Gasteiger partial charge in [0.05, 0.1) is 6.10 Å². The van der Waals surface area contributed by atoms with Gasteiger partial charge in [0, 0.05) is 4.90 Å². The fourth-order valence-electron chi connectivity index (χ4n) is 2.01. The molecule has 112 valence electrons. The first-order valence-corrected chi connectivity index (χ1v) is 7.33. The van der Waals surface area contributed by atoms with Crippen LogP contribution >= 0.6 is 11.8 Å². The van der Waals surface area contributed by atoms with E-state index in [2.05, 4.69) is 0 Å². The molecule has 1 nitrogen and oxygen atoms in total. The van der Waals surface area contributed by atoms with Gasteiger partial charge < -0.3 is 5.11 Å². The normalized spacial score (nSPS) is 13.1. The molecule has 0 radical (unpaired) electrons. The summed E-state index contributed by atoms with van der Waals surface area (Å²) in [4.78, 5) is 0.126. The quantitative estimate of drug-likeness (QED) is 0.787. The summed E-state index contributed by atoms with van der Waals surface area (Å²) in [5.74, 6) is 0. The maximum absolute atomic E-state index is 12.2. The van der Waals surface area contributed by atoms with Gasteiger partial charge in [0.2, 0.25) is 0 Å². The van der Waals surface area contributed by atoms with Crippen LogP contribution in [0.1, 0.15) is 23.7 Å². The van der Waals surface area contributed by atoms with Crippen molar-refractivity contribution in [1.82, 2.24) is 0 Å². The van der Waals surface area contributed by atoms with E-state index in [-0.39, 0.29) is 16.7 Å². The van der Waals surface area contributed by atoms with Gasteiger partial charge in [0.1, 0.15) is 0 Å². The first-order valence-electron chi connectivity index (χ1n) is 6.52. The Kier molecular flexibility index (Phi) is 5.31. The zero-order chi connectivity index (χ0) is 15.3. The summed E-state index contributed by atoms with van der Waals surface area (Å²) in [5, 5.41) is 10.1. The van der Waals surface area contributed by atoms with Gasteiger partial charge in [-0.3, -0.25) is 0 Å². The number of hydrogen-bond acceptors (Lipinski definition) is 2. The molecule has 0 spiro atoms. The Bertz CT molecular complexity index is 552. The van der Waals surface area contributed by atoms with E-state index in [9.17, 15) is 18.3 Å². The monoisotopic (exact) mass is 312 g/mol. The second-order valence-corrected chi connectivity index (χ2v) is 5.80. The van der Waals surface area contributed by atoms with E-state index in [0.29, 0.717) is 12.0 Å². The van der Waals surface area contributed by atoms with Gasteiger partial charge in [0.15, 0.2) is 0 Å². The molecule has 0 saturated carbocycles. The Hall–Kier alpha value is -1.46. The number of thioether (sulfide) groups is 1. The molecule has 0 saturated heterocycles. The summed E-state index contributed by atoms with van der Waals surface area (Å²) >= 11 is -0.150. The predicted molar refractivity (Wildman–Crippen MR) is 78.1 cm³/mol. The molecule has 21 heavy (non-hydrogen) atoms. The molecule has 1 N–H and O–H groups in total. The molecule has 0 aliphatic carbocycles. The van der Waals surface area contributed by atoms with Gasteiger partial charge in [-0.15, -0.1) is 0 Å². The number of aliphatic hydroxyl groups excluding tert-OH is 1. The predicted octanol–water partition coefficient (Wildman–Crippen LogP) is 4.96. The molecule has 0 amide bonds. The van der Waals surface area contributed by atoms with Crippen LogP contribution in [0.25, 0.3) is 0 Å². The average Bonchev–Trinajstić information content (AvgIpc) is 2.45. The summed E-state index contributed by atoms with van der Waals surface area (Å²) in [7, 11) is 0. The number of halogens is 3. The van der Waals surface area contributed by atoms with E-state index in [4.69, 9.17) is 0 Å². The SMILES string of the molecule is OC(CCc1ccccc1)c1ccc(SC(F)(F)F)cc1. The van der Waals surface area contributed by atoms with Gasteiger partial charge >= 0.3 is 5.51 Å². The molecular formula is C16H15F3OS. The van der Waals surface area contributed by atoms with Crippen LogP contribution in [0.5, 0.6) is 0 Å². The standard InChI is InChI=1S/C16H15F3OS/c17-16(18,19)21-14-9-7-13(8-10-14)15(20)11-6-12-4-2-1-3-5-12/h1-5,7-10,15,20H,6,11H2. The lowest BCUT2D eigenvalue weighted by atomic mass is 10.0. The largest absolute Gasteiger partial charge is 0.446 e. The van der Waals surface area contributed by atoms with Gasteiger partial charge in [-0.05, 0) is 47.9 Å². The van der Waals surface area contributed by atoms with Crippen LogP contribution in [0.4, 0.5) is 13.2 Å². The van der Waals surface area contributed by atoms with Gasteiger partial charge in [-0.25, -0.2) is 0 Å². The highest BCUT2D eigenvalue weighted by atomic mass is 32.2. The van der Waals surface area contributed by atoms with E-state index in [1.54, 1.807) is 12.1 Å². The number of hydrogen-bond donors (Lipinski definition) is 1. The van der Waals surface area contributed by atoms with Crippen LogP contribution in [-0.4, -0.2) is 10.6 Å². The van der Waals surface area contributed by atoms with Crippen LogP contribution in [-0.2, 0) is 6.42 Å². The molecule has 0 aliphatic rings. The van der Waals surface area contributed by atoms with Gasteiger partial charge in [-0.2, -0.15) is 13.2 Å². The van der Waals surface area contributed by atoms with E-state index in [1.165, 1.54) is 12.1 Å². The van der Waals surface area contributed by atoms with Crippen molar-refractivity contribution in [2.75, 3.05) is 0 Å². The van der Waals surface area contributed by atoms with Gasteiger partial charge in [0.25, 0.3) is 0 Å². The number of aliphatic hydroxyl groups is 1. The molecule has 1 unspecified atom stereocenters.